The zero-order valence-corrected chi connectivity index (χ0v) is 16.5. The molecule has 3 rings (SSSR count). The summed E-state index contributed by atoms with van der Waals surface area (Å²) in [5, 5.41) is 0. The normalized spacial score (nSPS) is 18.5. The Morgan fingerprint density at radius 1 is 0.852 bits per heavy atom. The van der Waals surface area contributed by atoms with Gasteiger partial charge in [0.25, 0.3) is 0 Å². The maximum Gasteiger partial charge on any atom is 0.525 e. The van der Waals surface area contributed by atoms with Crippen LogP contribution in [0.2, 0.25) is 0 Å². The van der Waals surface area contributed by atoms with Gasteiger partial charge in [-0.3, -0.25) is 0 Å². The molecule has 1 saturated heterocycles. The van der Waals surface area contributed by atoms with Crippen LogP contribution in [0, 0.1) is 11.8 Å². The molecule has 0 spiro atoms. The van der Waals surface area contributed by atoms with Crippen molar-refractivity contribution in [2.75, 3.05) is 0 Å². The van der Waals surface area contributed by atoms with E-state index in [-0.39, 0.29) is 0 Å². The van der Waals surface area contributed by atoms with Crippen LogP contribution >= 0.6 is 0 Å². The van der Waals surface area contributed by atoms with Crippen LogP contribution in [0.15, 0.2) is 60.3 Å². The summed E-state index contributed by atoms with van der Waals surface area (Å²) in [7, 11) is -1.01. The van der Waals surface area contributed by atoms with Gasteiger partial charge in [0.2, 0.25) is 0 Å². The van der Waals surface area contributed by atoms with Crippen molar-refractivity contribution in [3.63, 3.8) is 0 Å². The second-order valence-electron chi connectivity index (χ2n) is 7.72. The van der Waals surface area contributed by atoms with Crippen molar-refractivity contribution in [3.8, 4) is 11.8 Å². The predicted molar refractivity (Wildman–Crippen MR) is 109 cm³/mol. The first-order chi connectivity index (χ1) is 12.7. The Bertz CT molecular complexity index is 904. The Hall–Kier alpha value is -2.35. The van der Waals surface area contributed by atoms with E-state index in [0.29, 0.717) is 5.57 Å². The largest absolute Gasteiger partial charge is 0.525 e. The third-order valence-electron chi connectivity index (χ3n) is 5.26. The molecule has 1 aliphatic rings. The molecule has 0 amide bonds. The summed E-state index contributed by atoms with van der Waals surface area (Å²) < 4.78 is 26.9. The molecule has 1 aliphatic heterocycles. The number of hydrogen-bond acceptors (Lipinski definition) is 2. The molecular formula is C23H24BFO2. The van der Waals surface area contributed by atoms with Gasteiger partial charge in [-0.2, -0.15) is 0 Å². The summed E-state index contributed by atoms with van der Waals surface area (Å²) in [5.74, 6) is 6.29. The number of allylic oxidation sites excluding steroid dienone is 1. The molecule has 0 atom stereocenters. The molecule has 0 N–H and O–H groups in total. The fraction of sp³-hybridized carbons (Fsp3) is 0.304. The van der Waals surface area contributed by atoms with Crippen LogP contribution in [0.4, 0.5) is 4.39 Å². The summed E-state index contributed by atoms with van der Waals surface area (Å²) in [6.07, 6.45) is 0. The van der Waals surface area contributed by atoms with Crippen molar-refractivity contribution in [2.24, 2.45) is 0 Å². The van der Waals surface area contributed by atoms with Crippen LogP contribution in [0.1, 0.15) is 51.3 Å². The second-order valence-corrected chi connectivity index (χ2v) is 7.72. The molecule has 1 fully saturated rings. The summed E-state index contributed by atoms with van der Waals surface area (Å²) in [6.45, 7) is 9.39. The van der Waals surface area contributed by atoms with Gasteiger partial charge in [0.15, 0.2) is 0 Å². The second kappa shape index (κ2) is 7.35. The van der Waals surface area contributed by atoms with E-state index in [4.69, 9.17) is 9.31 Å². The van der Waals surface area contributed by atoms with Crippen molar-refractivity contribution in [2.45, 2.75) is 45.8 Å². The van der Waals surface area contributed by atoms with Gasteiger partial charge in [0, 0.05) is 11.1 Å². The minimum absolute atomic E-state index is 0.414. The third kappa shape index (κ3) is 4.00. The van der Waals surface area contributed by atoms with Gasteiger partial charge in [0.05, 0.1) is 11.2 Å². The zero-order chi connectivity index (χ0) is 19.7. The molecule has 4 heteroatoms. The van der Waals surface area contributed by atoms with Gasteiger partial charge in [-0.15, -0.1) is 0 Å². The molecule has 1 heterocycles. The Kier molecular flexibility index (Phi) is 5.28. The maximum absolute atomic E-state index is 15.2. The summed E-state index contributed by atoms with van der Waals surface area (Å²) in [6, 6.07) is 17.3. The lowest BCUT2D eigenvalue weighted by Crippen LogP contribution is -2.41. The van der Waals surface area contributed by atoms with E-state index in [1.165, 1.54) is 0 Å². The smallest absolute Gasteiger partial charge is 0.398 e. The fourth-order valence-corrected chi connectivity index (χ4v) is 2.83. The topological polar surface area (TPSA) is 18.5 Å². The van der Waals surface area contributed by atoms with Crippen LogP contribution in [-0.2, 0) is 9.31 Å². The highest BCUT2D eigenvalue weighted by atomic mass is 19.1. The average molecular weight is 362 g/mol. The van der Waals surface area contributed by atoms with Crippen molar-refractivity contribution in [1.82, 2.24) is 0 Å². The third-order valence-corrected chi connectivity index (χ3v) is 5.26. The number of halogens is 1. The molecule has 0 aliphatic carbocycles. The van der Waals surface area contributed by atoms with Crippen molar-refractivity contribution in [1.29, 1.82) is 0 Å². The van der Waals surface area contributed by atoms with Gasteiger partial charge >= 0.3 is 7.12 Å². The molecule has 27 heavy (non-hydrogen) atoms. The Labute approximate surface area is 161 Å². The van der Waals surface area contributed by atoms with Gasteiger partial charge in [-0.25, -0.2) is 4.39 Å². The molecule has 138 valence electrons. The minimum Gasteiger partial charge on any atom is -0.398 e. The van der Waals surface area contributed by atoms with Crippen LogP contribution < -0.4 is 0 Å². The molecule has 0 bridgehead atoms. The first-order valence-electron chi connectivity index (χ1n) is 9.10. The highest BCUT2D eigenvalue weighted by molar-refractivity contribution is 6.55. The lowest BCUT2D eigenvalue weighted by Gasteiger charge is -2.32. The van der Waals surface area contributed by atoms with E-state index >= 15 is 4.39 Å². The fourth-order valence-electron chi connectivity index (χ4n) is 2.83. The molecule has 0 radical (unpaired) electrons. The molecule has 2 nitrogen and oxygen atoms in total. The average Bonchev–Trinajstić information content (AvgIpc) is 2.87. The van der Waals surface area contributed by atoms with Gasteiger partial charge in [-0.05, 0) is 64.0 Å². The van der Waals surface area contributed by atoms with E-state index in [2.05, 4.69) is 11.8 Å². The number of hydrogen-bond donors (Lipinski definition) is 0. The first kappa shape index (κ1) is 19.4. The first-order valence-corrected chi connectivity index (χ1v) is 9.10. The monoisotopic (exact) mass is 362 g/mol. The Morgan fingerprint density at radius 3 is 2.04 bits per heavy atom. The van der Waals surface area contributed by atoms with Crippen LogP contribution in [0.3, 0.4) is 0 Å². The standard InChI is InChI=1S/C23H24BFO2/c1-17(21(25)24-26-22(2,3)23(4,5)27-24)20-14-10-9-13-19(20)16-15-18-11-7-6-8-12-18/h6-14H,1-5H3. The van der Waals surface area contributed by atoms with E-state index in [9.17, 15) is 0 Å². The van der Waals surface area contributed by atoms with Crippen LogP contribution in [0.25, 0.3) is 5.57 Å². The number of benzene rings is 2. The molecular weight excluding hydrogens is 338 g/mol. The van der Waals surface area contributed by atoms with Crippen LogP contribution in [-0.4, -0.2) is 18.3 Å². The van der Waals surface area contributed by atoms with Crippen molar-refractivity contribution < 1.29 is 13.7 Å². The summed E-state index contributed by atoms with van der Waals surface area (Å²) in [4.78, 5) is 0. The molecule has 0 aromatic heterocycles. The van der Waals surface area contributed by atoms with Crippen LogP contribution in [0.5, 0.6) is 0 Å². The lowest BCUT2D eigenvalue weighted by atomic mass is 9.82. The lowest BCUT2D eigenvalue weighted by molar-refractivity contribution is 0.00578. The summed E-state index contributed by atoms with van der Waals surface area (Å²) in [5.41, 5.74) is 1.33. The van der Waals surface area contributed by atoms with E-state index in [1.54, 1.807) is 6.92 Å². The Balaban J connectivity index is 1.95. The highest BCUT2D eigenvalue weighted by Gasteiger charge is 2.53. The minimum atomic E-state index is -1.01. The maximum atomic E-state index is 15.2. The molecule has 0 saturated carbocycles. The van der Waals surface area contributed by atoms with E-state index in [0.717, 1.165) is 16.7 Å². The van der Waals surface area contributed by atoms with E-state index < -0.39 is 24.0 Å². The quantitative estimate of drug-likeness (QED) is 0.525. The van der Waals surface area contributed by atoms with Crippen molar-refractivity contribution in [3.05, 3.63) is 77.0 Å². The Morgan fingerprint density at radius 2 is 1.41 bits per heavy atom. The molecule has 0 unspecified atom stereocenters. The zero-order valence-electron chi connectivity index (χ0n) is 16.5. The number of rotatable bonds is 2. The van der Waals surface area contributed by atoms with Crippen molar-refractivity contribution >= 4 is 12.7 Å². The molecule has 2 aromatic rings. The highest BCUT2D eigenvalue weighted by Crippen LogP contribution is 2.40. The van der Waals surface area contributed by atoms with Gasteiger partial charge in [-0.1, -0.05) is 48.2 Å². The summed E-state index contributed by atoms with van der Waals surface area (Å²) >= 11 is 0. The van der Waals surface area contributed by atoms with Gasteiger partial charge in [0.1, 0.15) is 5.73 Å². The van der Waals surface area contributed by atoms with Gasteiger partial charge < -0.3 is 9.31 Å². The molecule has 2 aromatic carbocycles. The SMILES string of the molecule is CC(=C(F)B1OC(C)(C)C(C)(C)O1)c1ccccc1C#Cc1ccccc1. The van der Waals surface area contributed by atoms with E-state index in [1.807, 2.05) is 82.3 Å². The predicted octanol–water partition coefficient (Wildman–Crippen LogP) is 5.42.